The van der Waals surface area contributed by atoms with Gasteiger partial charge in [-0.3, -0.25) is 4.79 Å². The summed E-state index contributed by atoms with van der Waals surface area (Å²) < 4.78 is 19.0. The van der Waals surface area contributed by atoms with Crippen molar-refractivity contribution in [3.05, 3.63) is 70.3 Å². The van der Waals surface area contributed by atoms with Crippen molar-refractivity contribution in [2.45, 2.75) is 44.7 Å². The van der Waals surface area contributed by atoms with Crippen LogP contribution < -0.4 is 4.90 Å². The van der Waals surface area contributed by atoms with Crippen LogP contribution >= 0.6 is 0 Å². The van der Waals surface area contributed by atoms with E-state index >= 15 is 0 Å². The lowest BCUT2D eigenvalue weighted by atomic mass is 9.79. The molecule has 1 aliphatic carbocycles. The Hall–Kier alpha value is -3.41. The van der Waals surface area contributed by atoms with Crippen LogP contribution in [0.5, 0.6) is 0 Å². The monoisotopic (exact) mass is 502 g/mol. The van der Waals surface area contributed by atoms with Crippen LogP contribution in [0.15, 0.2) is 48.0 Å². The topological polar surface area (TPSA) is 49.9 Å². The molecule has 0 spiro atoms. The Morgan fingerprint density at radius 1 is 0.973 bits per heavy atom. The Morgan fingerprint density at radius 3 is 2.38 bits per heavy atom. The number of hydrogen-bond donors (Lipinski definition) is 0. The first-order valence-corrected chi connectivity index (χ1v) is 13.3. The molecule has 2 aromatic carbocycles. The van der Waals surface area contributed by atoms with Crippen molar-refractivity contribution in [1.82, 2.24) is 4.90 Å². The number of amides is 1. The Morgan fingerprint density at radius 2 is 1.70 bits per heavy atom. The second-order valence-corrected chi connectivity index (χ2v) is 10.4. The van der Waals surface area contributed by atoms with Gasteiger partial charge in [-0.2, -0.15) is 0 Å². The van der Waals surface area contributed by atoms with Crippen molar-refractivity contribution in [3.8, 4) is 0 Å². The van der Waals surface area contributed by atoms with Gasteiger partial charge in [-0.25, -0.2) is 9.18 Å². The lowest BCUT2D eigenvalue weighted by Gasteiger charge is -2.31. The predicted octanol–water partition coefficient (Wildman–Crippen LogP) is 6.00. The number of nitrogens with zero attached hydrogens (tertiary/aromatic N) is 2. The second kappa shape index (κ2) is 10.9. The number of benzene rings is 2. The molecule has 6 heteroatoms. The molecule has 0 N–H and O–H groups in total. The third kappa shape index (κ3) is 5.34. The summed E-state index contributed by atoms with van der Waals surface area (Å²) >= 11 is 0. The quantitative estimate of drug-likeness (QED) is 0.483. The van der Waals surface area contributed by atoms with E-state index in [-0.39, 0.29) is 18.4 Å². The van der Waals surface area contributed by atoms with E-state index in [4.69, 9.17) is 4.74 Å². The third-order valence-corrected chi connectivity index (χ3v) is 7.92. The Labute approximate surface area is 218 Å². The number of likely N-dealkylation sites (N-methyl/N-ethyl adjacent to an activating group) is 1. The molecule has 1 amide bonds. The van der Waals surface area contributed by atoms with Crippen molar-refractivity contribution in [2.75, 3.05) is 38.7 Å². The maximum Gasteiger partial charge on any atom is 0.337 e. The summed E-state index contributed by atoms with van der Waals surface area (Å²) in [5, 5.41) is 0. The molecule has 2 aliphatic heterocycles. The molecule has 2 heterocycles. The Bertz CT molecular complexity index is 1240. The fourth-order valence-corrected chi connectivity index (χ4v) is 5.92. The van der Waals surface area contributed by atoms with Crippen LogP contribution in [0.1, 0.15) is 65.6 Å². The number of methoxy groups -OCH3 is 1. The number of ether oxygens (including phenoxy) is 1. The highest BCUT2D eigenvalue weighted by Gasteiger charge is 2.30. The number of likely N-dealkylation sites (tertiary alicyclic amines) is 1. The van der Waals surface area contributed by atoms with E-state index in [1.165, 1.54) is 31.9 Å². The molecule has 5 rings (SSSR count). The summed E-state index contributed by atoms with van der Waals surface area (Å²) in [7, 11) is 3.34. The molecule has 0 unspecified atom stereocenters. The number of halogens is 1. The van der Waals surface area contributed by atoms with Gasteiger partial charge >= 0.3 is 5.97 Å². The van der Waals surface area contributed by atoms with Crippen molar-refractivity contribution < 1.29 is 18.7 Å². The first kappa shape index (κ1) is 25.2. The van der Waals surface area contributed by atoms with Crippen LogP contribution in [0.3, 0.4) is 0 Å². The molecule has 0 bridgehead atoms. The van der Waals surface area contributed by atoms with E-state index in [1.807, 2.05) is 54.4 Å². The van der Waals surface area contributed by atoms with Crippen molar-refractivity contribution in [3.63, 3.8) is 0 Å². The highest BCUT2D eigenvalue weighted by atomic mass is 19.1. The van der Waals surface area contributed by atoms with Gasteiger partial charge in [0, 0.05) is 37.0 Å². The van der Waals surface area contributed by atoms with Gasteiger partial charge in [-0.15, -0.1) is 0 Å². The second-order valence-electron chi connectivity index (χ2n) is 10.4. The lowest BCUT2D eigenvalue weighted by Crippen LogP contribution is -2.35. The fourth-order valence-electron chi connectivity index (χ4n) is 5.92. The maximum absolute atomic E-state index is 14.0. The molecule has 1 saturated carbocycles. The summed E-state index contributed by atoms with van der Waals surface area (Å²) in [6.07, 6.45) is 9.58. The number of hydrogen-bond acceptors (Lipinski definition) is 4. The largest absolute Gasteiger partial charge is 0.465 e. The number of carbonyl (C=O) groups is 2. The van der Waals surface area contributed by atoms with Crippen LogP contribution in [0.4, 0.5) is 10.1 Å². The number of carbonyl (C=O) groups excluding carboxylic acids is 2. The van der Waals surface area contributed by atoms with E-state index in [1.54, 1.807) is 4.90 Å². The van der Waals surface area contributed by atoms with Gasteiger partial charge in [0.2, 0.25) is 0 Å². The zero-order valence-corrected chi connectivity index (χ0v) is 21.7. The fraction of sp³-hybridized carbons (Fsp3) is 0.419. The van der Waals surface area contributed by atoms with Crippen LogP contribution in [0, 0.1) is 5.92 Å². The highest BCUT2D eigenvalue weighted by Crippen LogP contribution is 2.41. The standard InChI is InChI=1S/C31H35FN2O3/c1-33-19-25(30(35)34-15-14-26(32)20-34)16-22-10-6-7-11-23(22)17-28(21-8-4-3-5-9-21)27-13-12-24(18-29(27)33)31(36)37-2/h6-7,10-13,16-18,21,26H,3-5,8-9,14-15,19-20H2,1-2H3/b25-16+,28-17+/t26-/m0/s1. The normalized spacial score (nSPS) is 23.3. The minimum absolute atomic E-state index is 0.135. The van der Waals surface area contributed by atoms with Crippen LogP contribution in [0.25, 0.3) is 17.7 Å². The molecule has 5 nitrogen and oxygen atoms in total. The number of anilines is 1. The van der Waals surface area contributed by atoms with E-state index in [2.05, 4.69) is 12.1 Å². The van der Waals surface area contributed by atoms with Crippen LogP contribution in [-0.2, 0) is 9.53 Å². The molecule has 0 radical (unpaired) electrons. The number of rotatable bonds is 3. The molecule has 37 heavy (non-hydrogen) atoms. The van der Waals surface area contributed by atoms with E-state index in [0.717, 1.165) is 35.2 Å². The molecule has 1 saturated heterocycles. The molecule has 194 valence electrons. The summed E-state index contributed by atoms with van der Waals surface area (Å²) in [5.41, 5.74) is 6.37. The summed E-state index contributed by atoms with van der Waals surface area (Å²) in [6, 6.07) is 13.9. The summed E-state index contributed by atoms with van der Waals surface area (Å²) in [5.74, 6) is -0.0993. The first-order valence-electron chi connectivity index (χ1n) is 13.3. The van der Waals surface area contributed by atoms with Crippen molar-refractivity contribution in [2.24, 2.45) is 5.92 Å². The minimum Gasteiger partial charge on any atom is -0.465 e. The van der Waals surface area contributed by atoms with Gasteiger partial charge < -0.3 is 14.5 Å². The van der Waals surface area contributed by atoms with E-state index in [0.29, 0.717) is 36.6 Å². The number of fused-ring (bicyclic) bond motifs is 2. The molecular formula is C31H35FN2O3. The number of allylic oxidation sites excluding steroid dienone is 1. The average Bonchev–Trinajstić information content (AvgIpc) is 3.37. The summed E-state index contributed by atoms with van der Waals surface area (Å²) in [4.78, 5) is 29.7. The van der Waals surface area contributed by atoms with E-state index in [9.17, 15) is 14.0 Å². The van der Waals surface area contributed by atoms with Gasteiger partial charge in [0.05, 0.1) is 19.2 Å². The zero-order valence-electron chi connectivity index (χ0n) is 21.7. The smallest absolute Gasteiger partial charge is 0.337 e. The minimum atomic E-state index is -0.974. The lowest BCUT2D eigenvalue weighted by molar-refractivity contribution is -0.126. The predicted molar refractivity (Wildman–Crippen MR) is 146 cm³/mol. The SMILES string of the molecule is COC(=O)c1ccc2c(c1)N(C)C/C(C(=O)N1CC[C@H](F)C1)=C\c1ccccc1/C=C/2C1CCCCC1. The number of alkyl halides is 1. The number of esters is 1. The first-order chi connectivity index (χ1) is 17.9. The van der Waals surface area contributed by atoms with Gasteiger partial charge in [-0.05, 0) is 60.1 Å². The Kier molecular flexibility index (Phi) is 7.45. The third-order valence-electron chi connectivity index (χ3n) is 7.92. The van der Waals surface area contributed by atoms with Crippen LogP contribution in [-0.4, -0.2) is 56.7 Å². The van der Waals surface area contributed by atoms with Gasteiger partial charge in [0.15, 0.2) is 0 Å². The zero-order chi connectivity index (χ0) is 25.9. The van der Waals surface area contributed by atoms with Crippen LogP contribution in [0.2, 0.25) is 0 Å². The van der Waals surface area contributed by atoms with Gasteiger partial charge in [-0.1, -0.05) is 55.7 Å². The Balaban J connectivity index is 1.68. The molecule has 3 aliphatic rings. The average molecular weight is 503 g/mol. The molecule has 2 aromatic rings. The summed E-state index contributed by atoms with van der Waals surface area (Å²) in [6.45, 7) is 0.907. The molecule has 2 fully saturated rings. The van der Waals surface area contributed by atoms with Crippen molar-refractivity contribution >= 4 is 35.3 Å². The van der Waals surface area contributed by atoms with E-state index < -0.39 is 6.17 Å². The molecule has 0 aromatic heterocycles. The molecule has 1 atom stereocenters. The molecular weight excluding hydrogens is 467 g/mol. The van der Waals surface area contributed by atoms with Gasteiger partial charge in [0.1, 0.15) is 6.17 Å². The maximum atomic E-state index is 14.0. The van der Waals surface area contributed by atoms with Gasteiger partial charge in [0.25, 0.3) is 5.91 Å². The highest BCUT2D eigenvalue weighted by molar-refractivity contribution is 6.01. The van der Waals surface area contributed by atoms with Crippen molar-refractivity contribution in [1.29, 1.82) is 0 Å².